The molecule has 0 radical (unpaired) electrons. The van der Waals surface area contributed by atoms with Gasteiger partial charge in [-0.2, -0.15) is 0 Å². The van der Waals surface area contributed by atoms with Gasteiger partial charge in [0.2, 0.25) is 0 Å². The second kappa shape index (κ2) is 6.27. The van der Waals surface area contributed by atoms with Crippen LogP contribution in [0.4, 0.5) is 0 Å². The monoisotopic (exact) mass is 291 g/mol. The lowest BCUT2D eigenvalue weighted by Gasteiger charge is -2.43. The quantitative estimate of drug-likeness (QED) is 0.879. The van der Waals surface area contributed by atoms with Crippen molar-refractivity contribution in [1.82, 2.24) is 0 Å². The Morgan fingerprint density at radius 2 is 1.86 bits per heavy atom. The molecule has 118 valence electrons. The van der Waals surface area contributed by atoms with E-state index in [1.165, 1.54) is 0 Å². The lowest BCUT2D eigenvalue weighted by Crippen LogP contribution is -2.45. The molecule has 1 aliphatic rings. The van der Waals surface area contributed by atoms with Crippen LogP contribution in [0.2, 0.25) is 0 Å². The number of ether oxygens (including phenoxy) is 2. The molecule has 1 aromatic carbocycles. The first-order chi connectivity index (χ1) is 9.85. The molecule has 3 heteroatoms. The van der Waals surface area contributed by atoms with Crippen molar-refractivity contribution in [1.29, 1.82) is 0 Å². The van der Waals surface area contributed by atoms with Gasteiger partial charge in [-0.15, -0.1) is 0 Å². The maximum absolute atomic E-state index is 6.49. The molecule has 2 N–H and O–H groups in total. The molecular formula is C18H29NO2. The summed E-state index contributed by atoms with van der Waals surface area (Å²) in [6, 6.07) is 6.01. The van der Waals surface area contributed by atoms with E-state index in [-0.39, 0.29) is 11.6 Å². The number of methoxy groups -OCH3 is 1. The van der Waals surface area contributed by atoms with E-state index in [1.54, 1.807) is 7.11 Å². The molecule has 1 heterocycles. The van der Waals surface area contributed by atoms with Gasteiger partial charge in [0.25, 0.3) is 0 Å². The van der Waals surface area contributed by atoms with Gasteiger partial charge in [0.05, 0.1) is 7.11 Å². The zero-order valence-electron chi connectivity index (χ0n) is 14.0. The zero-order chi connectivity index (χ0) is 15.6. The van der Waals surface area contributed by atoms with Gasteiger partial charge in [-0.25, -0.2) is 0 Å². The third-order valence-corrected chi connectivity index (χ3v) is 4.10. The highest BCUT2D eigenvalue weighted by atomic mass is 16.5. The minimum Gasteiger partial charge on any atom is -0.497 e. The molecule has 0 bridgehead atoms. The summed E-state index contributed by atoms with van der Waals surface area (Å²) in [5, 5.41) is 0. The Balaban J connectivity index is 2.36. The number of nitrogens with two attached hydrogens (primary N) is 1. The summed E-state index contributed by atoms with van der Waals surface area (Å²) < 4.78 is 11.8. The first kappa shape index (κ1) is 16.2. The van der Waals surface area contributed by atoms with Crippen molar-refractivity contribution in [3.05, 3.63) is 23.8 Å². The van der Waals surface area contributed by atoms with Gasteiger partial charge >= 0.3 is 0 Å². The summed E-state index contributed by atoms with van der Waals surface area (Å²) in [6.45, 7) is 8.99. The third-order valence-electron chi connectivity index (χ3n) is 4.10. The number of hydrogen-bond acceptors (Lipinski definition) is 3. The van der Waals surface area contributed by atoms with Crippen LogP contribution in [0.1, 0.15) is 58.6 Å². The predicted octanol–water partition coefficient (Wildman–Crippen LogP) is 4.31. The molecule has 0 aromatic heterocycles. The molecule has 1 unspecified atom stereocenters. The molecule has 0 amide bonds. The van der Waals surface area contributed by atoms with Gasteiger partial charge in [0, 0.05) is 24.1 Å². The molecule has 0 saturated heterocycles. The topological polar surface area (TPSA) is 44.5 Å². The summed E-state index contributed by atoms with van der Waals surface area (Å²) in [4.78, 5) is 0. The molecular weight excluding hydrogens is 262 g/mol. The second-order valence-electron chi connectivity index (χ2n) is 7.20. The fraction of sp³-hybridized carbons (Fsp3) is 0.667. The van der Waals surface area contributed by atoms with Crippen LogP contribution < -0.4 is 15.2 Å². The lowest BCUT2D eigenvalue weighted by atomic mass is 9.77. The van der Waals surface area contributed by atoms with E-state index in [4.69, 9.17) is 15.2 Å². The first-order valence-electron chi connectivity index (χ1n) is 7.98. The predicted molar refractivity (Wildman–Crippen MR) is 86.8 cm³/mol. The minimum atomic E-state index is -0.152. The average molecular weight is 291 g/mol. The number of fused-ring (bicyclic) bond motifs is 1. The minimum absolute atomic E-state index is 0.0390. The number of benzene rings is 1. The Morgan fingerprint density at radius 3 is 2.38 bits per heavy atom. The molecule has 0 fully saturated rings. The van der Waals surface area contributed by atoms with Crippen LogP contribution in [0.5, 0.6) is 11.5 Å². The summed E-state index contributed by atoms with van der Waals surface area (Å²) >= 11 is 0. The Kier molecular flexibility index (Phi) is 4.82. The van der Waals surface area contributed by atoms with E-state index in [2.05, 4.69) is 27.7 Å². The van der Waals surface area contributed by atoms with Crippen LogP contribution in [0.15, 0.2) is 18.2 Å². The summed E-state index contributed by atoms with van der Waals surface area (Å²) in [5.41, 5.74) is 7.39. The molecule has 2 rings (SSSR count). The molecule has 0 aliphatic carbocycles. The van der Waals surface area contributed by atoms with E-state index >= 15 is 0 Å². The summed E-state index contributed by atoms with van der Waals surface area (Å²) in [5.74, 6) is 2.89. The maximum atomic E-state index is 6.49. The highest BCUT2D eigenvalue weighted by Crippen LogP contribution is 2.45. The zero-order valence-corrected chi connectivity index (χ0v) is 14.0. The van der Waals surface area contributed by atoms with Crippen molar-refractivity contribution < 1.29 is 9.47 Å². The third kappa shape index (κ3) is 3.70. The number of rotatable bonds is 5. The molecule has 1 aliphatic heterocycles. The van der Waals surface area contributed by atoms with Crippen LogP contribution in [0.25, 0.3) is 0 Å². The smallest absolute Gasteiger partial charge is 0.128 e. The van der Waals surface area contributed by atoms with Crippen LogP contribution in [0, 0.1) is 11.8 Å². The van der Waals surface area contributed by atoms with Crippen LogP contribution >= 0.6 is 0 Å². The maximum Gasteiger partial charge on any atom is 0.128 e. The van der Waals surface area contributed by atoms with Crippen molar-refractivity contribution in [3.63, 3.8) is 0 Å². The van der Waals surface area contributed by atoms with E-state index in [9.17, 15) is 0 Å². The fourth-order valence-electron chi connectivity index (χ4n) is 3.64. The Hall–Kier alpha value is -1.22. The molecule has 21 heavy (non-hydrogen) atoms. The second-order valence-corrected chi connectivity index (χ2v) is 7.20. The van der Waals surface area contributed by atoms with Crippen molar-refractivity contribution in [2.45, 2.75) is 58.6 Å². The van der Waals surface area contributed by atoms with Crippen molar-refractivity contribution in [2.75, 3.05) is 7.11 Å². The Bertz CT molecular complexity index is 472. The Morgan fingerprint density at radius 1 is 1.24 bits per heavy atom. The summed E-state index contributed by atoms with van der Waals surface area (Å²) in [6.07, 6.45) is 2.97. The molecule has 3 nitrogen and oxygen atoms in total. The van der Waals surface area contributed by atoms with Gasteiger partial charge in [-0.1, -0.05) is 33.8 Å². The fourth-order valence-corrected chi connectivity index (χ4v) is 3.64. The molecule has 1 aromatic rings. The Labute approximate surface area is 128 Å². The van der Waals surface area contributed by atoms with Crippen molar-refractivity contribution >= 4 is 0 Å². The number of hydrogen-bond donors (Lipinski definition) is 1. The largest absolute Gasteiger partial charge is 0.497 e. The SMILES string of the molecule is COc1ccc2c(c1)OC(CC(C)C)(CC(C)C)CC2N. The van der Waals surface area contributed by atoms with Gasteiger partial charge in [-0.3, -0.25) is 0 Å². The highest BCUT2D eigenvalue weighted by Gasteiger charge is 2.40. The van der Waals surface area contributed by atoms with Crippen molar-refractivity contribution in [3.8, 4) is 11.5 Å². The average Bonchev–Trinajstić information content (AvgIpc) is 2.35. The van der Waals surface area contributed by atoms with Crippen LogP contribution in [0.3, 0.4) is 0 Å². The van der Waals surface area contributed by atoms with Gasteiger partial charge in [0.15, 0.2) is 0 Å². The molecule has 1 atom stereocenters. The standard InChI is InChI=1S/C18H29NO2/c1-12(2)9-18(10-13(3)4)11-16(19)15-7-6-14(20-5)8-17(15)21-18/h6-8,12-13,16H,9-11,19H2,1-5H3. The van der Waals surface area contributed by atoms with E-state index in [1.807, 2.05) is 18.2 Å². The summed E-state index contributed by atoms with van der Waals surface area (Å²) in [7, 11) is 1.68. The van der Waals surface area contributed by atoms with Crippen LogP contribution in [-0.4, -0.2) is 12.7 Å². The van der Waals surface area contributed by atoms with Gasteiger partial charge in [0.1, 0.15) is 17.1 Å². The lowest BCUT2D eigenvalue weighted by molar-refractivity contribution is -0.00178. The first-order valence-corrected chi connectivity index (χ1v) is 7.98. The normalized spacial score (nSPS) is 20.3. The van der Waals surface area contributed by atoms with E-state index in [0.717, 1.165) is 36.3 Å². The van der Waals surface area contributed by atoms with Crippen molar-refractivity contribution in [2.24, 2.45) is 17.6 Å². The highest BCUT2D eigenvalue weighted by molar-refractivity contribution is 5.44. The van der Waals surface area contributed by atoms with Gasteiger partial charge < -0.3 is 15.2 Å². The van der Waals surface area contributed by atoms with Gasteiger partial charge in [-0.05, 0) is 30.7 Å². The molecule has 0 spiro atoms. The van der Waals surface area contributed by atoms with Crippen LogP contribution in [-0.2, 0) is 0 Å². The molecule has 0 saturated carbocycles. The van der Waals surface area contributed by atoms with E-state index in [0.29, 0.717) is 11.8 Å². The van der Waals surface area contributed by atoms with E-state index < -0.39 is 0 Å².